The quantitative estimate of drug-likeness (QED) is 0.730. The lowest BCUT2D eigenvalue weighted by Gasteiger charge is -2.32. The van der Waals surface area contributed by atoms with Crippen LogP contribution in [0.15, 0.2) is 35.1 Å². The van der Waals surface area contributed by atoms with Gasteiger partial charge in [-0.05, 0) is 30.7 Å². The highest BCUT2D eigenvalue weighted by Crippen LogP contribution is 2.29. The van der Waals surface area contributed by atoms with Crippen LogP contribution >= 0.6 is 0 Å². The van der Waals surface area contributed by atoms with E-state index < -0.39 is 0 Å². The molecule has 1 aromatic carbocycles. The number of carbonyl (C=O) groups is 1. The van der Waals surface area contributed by atoms with Crippen LogP contribution in [0.4, 0.5) is 0 Å². The van der Waals surface area contributed by atoms with Crippen molar-refractivity contribution in [2.24, 2.45) is 13.0 Å². The van der Waals surface area contributed by atoms with Gasteiger partial charge < -0.3 is 4.90 Å². The van der Waals surface area contributed by atoms with Crippen LogP contribution in [-0.4, -0.2) is 38.2 Å². The van der Waals surface area contributed by atoms with E-state index in [0.717, 1.165) is 49.7 Å². The summed E-state index contributed by atoms with van der Waals surface area (Å²) in [6, 6.07) is 10.0. The Balaban J connectivity index is 1.35. The summed E-state index contributed by atoms with van der Waals surface area (Å²) >= 11 is 0. The summed E-state index contributed by atoms with van der Waals surface area (Å²) in [7, 11) is 1.72. The predicted molar refractivity (Wildman–Crippen MR) is 117 cm³/mol. The lowest BCUT2D eigenvalue weighted by Crippen LogP contribution is -2.38. The van der Waals surface area contributed by atoms with Gasteiger partial charge in [0.15, 0.2) is 0 Å². The van der Waals surface area contributed by atoms with Gasteiger partial charge in [0.2, 0.25) is 5.91 Å². The van der Waals surface area contributed by atoms with Crippen LogP contribution in [0.2, 0.25) is 0 Å². The van der Waals surface area contributed by atoms with E-state index in [1.165, 1.54) is 36.8 Å². The highest BCUT2D eigenvalue weighted by atomic mass is 16.2. The fourth-order valence-corrected chi connectivity index (χ4v) is 5.09. The second kappa shape index (κ2) is 9.63. The molecule has 4 rings (SSSR count). The minimum Gasteiger partial charge on any atom is -0.343 e. The molecule has 0 spiro atoms. The fraction of sp³-hybridized carbons (Fsp3) is 0.625. The van der Waals surface area contributed by atoms with Crippen molar-refractivity contribution in [3.63, 3.8) is 0 Å². The summed E-state index contributed by atoms with van der Waals surface area (Å²) < 4.78 is 3.25. The van der Waals surface area contributed by atoms with Crippen molar-refractivity contribution in [2.75, 3.05) is 13.1 Å². The van der Waals surface area contributed by atoms with Crippen molar-refractivity contribution in [1.29, 1.82) is 0 Å². The molecule has 162 valence electrons. The molecule has 0 atom stereocenters. The second-order valence-electron chi connectivity index (χ2n) is 9.03. The molecule has 2 heterocycles. The number of piperidine rings is 1. The topological polar surface area (TPSA) is 60.1 Å². The minimum absolute atomic E-state index is 0.0696. The summed E-state index contributed by atoms with van der Waals surface area (Å²) in [4.78, 5) is 27.4. The maximum atomic E-state index is 12.7. The van der Waals surface area contributed by atoms with Gasteiger partial charge in [0.1, 0.15) is 5.82 Å². The van der Waals surface area contributed by atoms with E-state index >= 15 is 0 Å². The number of carbonyl (C=O) groups excluding carboxylic acids is 1. The van der Waals surface area contributed by atoms with E-state index in [0.29, 0.717) is 18.9 Å². The fourth-order valence-electron chi connectivity index (χ4n) is 5.09. The first-order valence-electron chi connectivity index (χ1n) is 11.6. The molecule has 2 aromatic rings. The van der Waals surface area contributed by atoms with Crippen LogP contribution < -0.4 is 5.69 Å². The molecule has 0 unspecified atom stereocenters. The number of benzene rings is 1. The molecular formula is C24H34N4O2. The van der Waals surface area contributed by atoms with Gasteiger partial charge in [0.25, 0.3) is 0 Å². The van der Waals surface area contributed by atoms with Crippen molar-refractivity contribution in [1.82, 2.24) is 19.2 Å². The molecule has 6 nitrogen and oxygen atoms in total. The summed E-state index contributed by atoms with van der Waals surface area (Å²) in [5.74, 6) is 2.15. The number of hydrogen-bond acceptors (Lipinski definition) is 3. The summed E-state index contributed by atoms with van der Waals surface area (Å²) in [6.45, 7) is 2.08. The molecule has 1 aliphatic carbocycles. The van der Waals surface area contributed by atoms with Gasteiger partial charge in [-0.1, -0.05) is 62.4 Å². The zero-order chi connectivity index (χ0) is 20.9. The Morgan fingerprint density at radius 2 is 1.73 bits per heavy atom. The van der Waals surface area contributed by atoms with E-state index in [2.05, 4.69) is 5.10 Å². The number of rotatable bonds is 6. The number of hydrogen-bond donors (Lipinski definition) is 0. The zero-order valence-electron chi connectivity index (χ0n) is 18.1. The SMILES string of the molecule is Cn1nc(C2CCN(C(=O)CCC3CCCCC3)CC2)n(Cc2ccccc2)c1=O. The lowest BCUT2D eigenvalue weighted by molar-refractivity contribution is -0.132. The normalized spacial score (nSPS) is 18.6. The number of nitrogens with zero attached hydrogens (tertiary/aromatic N) is 4. The Morgan fingerprint density at radius 3 is 2.43 bits per heavy atom. The van der Waals surface area contributed by atoms with E-state index in [1.807, 2.05) is 35.2 Å². The molecular weight excluding hydrogens is 376 g/mol. The Labute approximate surface area is 178 Å². The molecule has 1 aliphatic heterocycles. The first kappa shape index (κ1) is 20.9. The van der Waals surface area contributed by atoms with E-state index in [9.17, 15) is 9.59 Å². The highest BCUT2D eigenvalue weighted by Gasteiger charge is 2.28. The van der Waals surface area contributed by atoms with Crippen molar-refractivity contribution in [2.45, 2.75) is 70.3 Å². The average Bonchev–Trinajstić information content (AvgIpc) is 3.07. The predicted octanol–water partition coefficient (Wildman–Crippen LogP) is 3.70. The first-order valence-corrected chi connectivity index (χ1v) is 11.6. The smallest absolute Gasteiger partial charge is 0.343 e. The monoisotopic (exact) mass is 410 g/mol. The van der Waals surface area contributed by atoms with Crippen molar-refractivity contribution >= 4 is 5.91 Å². The lowest BCUT2D eigenvalue weighted by atomic mass is 9.86. The molecule has 0 bridgehead atoms. The summed E-state index contributed by atoms with van der Waals surface area (Å²) in [5.41, 5.74) is 1.03. The summed E-state index contributed by atoms with van der Waals surface area (Å²) in [5, 5.41) is 4.56. The summed E-state index contributed by atoms with van der Waals surface area (Å²) in [6.07, 6.45) is 10.1. The molecule has 2 aliphatic rings. The zero-order valence-corrected chi connectivity index (χ0v) is 18.1. The largest absolute Gasteiger partial charge is 0.345 e. The van der Waals surface area contributed by atoms with Gasteiger partial charge in [-0.25, -0.2) is 9.48 Å². The maximum Gasteiger partial charge on any atom is 0.345 e. The molecule has 30 heavy (non-hydrogen) atoms. The Morgan fingerprint density at radius 1 is 1.03 bits per heavy atom. The van der Waals surface area contributed by atoms with Crippen molar-refractivity contribution < 1.29 is 4.79 Å². The molecule has 1 amide bonds. The molecule has 0 radical (unpaired) electrons. The van der Waals surface area contributed by atoms with Crippen molar-refractivity contribution in [3.8, 4) is 0 Å². The first-order chi connectivity index (χ1) is 14.6. The average molecular weight is 411 g/mol. The number of amides is 1. The van der Waals surface area contributed by atoms with E-state index in [1.54, 1.807) is 11.6 Å². The van der Waals surface area contributed by atoms with Crippen LogP contribution in [0.3, 0.4) is 0 Å². The molecule has 0 N–H and O–H groups in total. The molecule has 2 fully saturated rings. The number of likely N-dealkylation sites (tertiary alicyclic amines) is 1. The Bertz CT molecular complexity index is 888. The van der Waals surface area contributed by atoms with E-state index in [4.69, 9.17) is 0 Å². The Kier molecular flexibility index (Phi) is 6.70. The van der Waals surface area contributed by atoms with Gasteiger partial charge >= 0.3 is 5.69 Å². The molecule has 1 saturated heterocycles. The van der Waals surface area contributed by atoms with Gasteiger partial charge in [-0.3, -0.25) is 9.36 Å². The van der Waals surface area contributed by atoms with Crippen LogP contribution in [0.1, 0.15) is 75.1 Å². The van der Waals surface area contributed by atoms with E-state index in [-0.39, 0.29) is 11.6 Å². The van der Waals surface area contributed by atoms with Crippen LogP contribution in [0.5, 0.6) is 0 Å². The third-order valence-electron chi connectivity index (χ3n) is 6.92. The van der Waals surface area contributed by atoms with Gasteiger partial charge in [0.05, 0.1) is 6.54 Å². The Hall–Kier alpha value is -2.37. The highest BCUT2D eigenvalue weighted by molar-refractivity contribution is 5.76. The third kappa shape index (κ3) is 4.85. The standard InChI is InChI=1S/C24H34N4O2/c1-26-24(30)28(18-20-10-6-3-7-11-20)23(25-26)21-14-16-27(17-15-21)22(29)13-12-19-8-4-2-5-9-19/h3,6-7,10-11,19,21H,2,4-5,8-9,12-18H2,1H3. The maximum absolute atomic E-state index is 12.7. The number of aromatic nitrogens is 3. The molecule has 6 heteroatoms. The molecule has 1 saturated carbocycles. The van der Waals surface area contributed by atoms with Crippen LogP contribution in [0.25, 0.3) is 0 Å². The van der Waals surface area contributed by atoms with Gasteiger partial charge in [-0.2, -0.15) is 5.10 Å². The third-order valence-corrected chi connectivity index (χ3v) is 6.92. The van der Waals surface area contributed by atoms with Crippen LogP contribution in [0, 0.1) is 5.92 Å². The minimum atomic E-state index is -0.0696. The molecule has 1 aromatic heterocycles. The second-order valence-corrected chi connectivity index (χ2v) is 9.03. The van der Waals surface area contributed by atoms with Crippen molar-refractivity contribution in [3.05, 3.63) is 52.2 Å². The number of aryl methyl sites for hydroxylation is 1. The van der Waals surface area contributed by atoms with Crippen LogP contribution in [-0.2, 0) is 18.4 Å². The van der Waals surface area contributed by atoms with Gasteiger partial charge in [-0.15, -0.1) is 0 Å². The van der Waals surface area contributed by atoms with Gasteiger partial charge in [0, 0.05) is 32.5 Å².